The number of phenols is 1. The number of nitrogens with one attached hydrogen (secondary N) is 1. The summed E-state index contributed by atoms with van der Waals surface area (Å²) in [4.78, 5) is 2.67. The van der Waals surface area contributed by atoms with Crippen LogP contribution in [-0.2, 0) is 10.8 Å². The number of benzene rings is 1. The Balaban J connectivity index is 2.07. The molecule has 2 fully saturated rings. The predicted molar refractivity (Wildman–Crippen MR) is 110 cm³/mol. The molecule has 26 heavy (non-hydrogen) atoms. The van der Waals surface area contributed by atoms with Gasteiger partial charge in [0.15, 0.2) is 0 Å². The molecule has 0 radical (unpaired) electrons. The number of rotatable bonds is 4. The number of phenolic OH excluding ortho intramolecular Hbond substituents is 1. The molecule has 1 saturated heterocycles. The molecule has 146 valence electrons. The van der Waals surface area contributed by atoms with Gasteiger partial charge in [0.2, 0.25) is 0 Å². The fourth-order valence-electron chi connectivity index (χ4n) is 4.15. The first-order valence-corrected chi connectivity index (χ1v) is 10.4. The van der Waals surface area contributed by atoms with E-state index in [2.05, 4.69) is 63.9 Å². The zero-order valence-corrected chi connectivity index (χ0v) is 17.7. The molecule has 1 saturated carbocycles. The van der Waals surface area contributed by atoms with Crippen molar-refractivity contribution in [2.45, 2.75) is 77.7 Å². The summed E-state index contributed by atoms with van der Waals surface area (Å²) in [5.41, 5.74) is 3.47. The highest BCUT2D eigenvalue weighted by atomic mass is 16.3. The Morgan fingerprint density at radius 2 is 1.50 bits per heavy atom. The zero-order valence-electron chi connectivity index (χ0n) is 17.7. The molecule has 1 aromatic carbocycles. The minimum absolute atomic E-state index is 0.0618. The Morgan fingerprint density at radius 1 is 1.00 bits per heavy atom. The monoisotopic (exact) mass is 358 g/mol. The Bertz CT molecular complexity index is 594. The van der Waals surface area contributed by atoms with Crippen molar-refractivity contribution in [2.24, 2.45) is 5.92 Å². The molecule has 1 atom stereocenters. The van der Waals surface area contributed by atoms with E-state index in [0.29, 0.717) is 11.8 Å². The van der Waals surface area contributed by atoms with Gasteiger partial charge in [0.1, 0.15) is 5.75 Å². The molecule has 3 heteroatoms. The molecule has 0 aromatic heterocycles. The summed E-state index contributed by atoms with van der Waals surface area (Å²) in [7, 11) is 0. The minimum atomic E-state index is -0.0618. The summed E-state index contributed by atoms with van der Waals surface area (Å²) in [6, 6.07) is 5.09. The van der Waals surface area contributed by atoms with Crippen LogP contribution in [0.1, 0.15) is 83.5 Å². The van der Waals surface area contributed by atoms with Crippen molar-refractivity contribution in [3.8, 4) is 5.75 Å². The number of piperazine rings is 1. The molecule has 1 heterocycles. The average Bonchev–Trinajstić information content (AvgIpc) is 3.36. The van der Waals surface area contributed by atoms with Gasteiger partial charge in [-0.05, 0) is 52.0 Å². The maximum Gasteiger partial charge on any atom is 0.123 e. The van der Waals surface area contributed by atoms with E-state index in [4.69, 9.17) is 0 Å². The summed E-state index contributed by atoms with van der Waals surface area (Å²) >= 11 is 0. The molecular weight excluding hydrogens is 320 g/mol. The lowest BCUT2D eigenvalue weighted by Gasteiger charge is -2.37. The van der Waals surface area contributed by atoms with Gasteiger partial charge < -0.3 is 10.4 Å². The van der Waals surface area contributed by atoms with Gasteiger partial charge in [-0.15, -0.1) is 0 Å². The number of nitrogens with zero attached hydrogens (tertiary/aromatic N) is 1. The maximum atomic E-state index is 11.0. The molecule has 3 nitrogen and oxygen atoms in total. The standard InChI is InChI=1S/C23H38N2O/c1-22(2,3)18-14-17(15-19(21(18)26)23(4,5)6)20(13-16-7-8-16)25-11-9-24-10-12-25/h14-16,20,24,26H,7-13H2,1-6H3/t20-/m1/s1. The third-order valence-corrected chi connectivity index (χ3v) is 5.98. The number of hydrogen-bond acceptors (Lipinski definition) is 3. The highest BCUT2D eigenvalue weighted by molar-refractivity contribution is 5.50. The van der Waals surface area contributed by atoms with Gasteiger partial charge in [0.25, 0.3) is 0 Å². The van der Waals surface area contributed by atoms with E-state index in [0.717, 1.165) is 43.2 Å². The molecule has 0 spiro atoms. The van der Waals surface area contributed by atoms with Gasteiger partial charge in [-0.3, -0.25) is 4.90 Å². The molecule has 2 aliphatic rings. The van der Waals surface area contributed by atoms with Crippen molar-refractivity contribution < 1.29 is 5.11 Å². The van der Waals surface area contributed by atoms with Crippen LogP contribution >= 0.6 is 0 Å². The summed E-state index contributed by atoms with van der Waals surface area (Å²) in [6.45, 7) is 17.6. The van der Waals surface area contributed by atoms with Gasteiger partial charge in [-0.2, -0.15) is 0 Å². The predicted octanol–water partition coefficient (Wildman–Crippen LogP) is 4.73. The van der Waals surface area contributed by atoms with E-state index in [9.17, 15) is 5.11 Å². The molecule has 2 N–H and O–H groups in total. The smallest absolute Gasteiger partial charge is 0.123 e. The third-order valence-electron chi connectivity index (χ3n) is 5.98. The molecule has 0 unspecified atom stereocenters. The van der Waals surface area contributed by atoms with Gasteiger partial charge >= 0.3 is 0 Å². The van der Waals surface area contributed by atoms with Crippen molar-refractivity contribution in [1.82, 2.24) is 10.2 Å². The van der Waals surface area contributed by atoms with E-state index >= 15 is 0 Å². The van der Waals surface area contributed by atoms with Gasteiger partial charge in [-0.25, -0.2) is 0 Å². The first-order chi connectivity index (χ1) is 12.1. The maximum absolute atomic E-state index is 11.0. The normalized spacial score (nSPS) is 21.0. The molecular formula is C23H38N2O. The van der Waals surface area contributed by atoms with Crippen LogP contribution in [0.5, 0.6) is 5.75 Å². The van der Waals surface area contributed by atoms with E-state index in [-0.39, 0.29) is 10.8 Å². The second-order valence-corrected chi connectivity index (χ2v) is 10.4. The highest BCUT2D eigenvalue weighted by Gasteiger charge is 2.33. The van der Waals surface area contributed by atoms with Crippen LogP contribution < -0.4 is 5.32 Å². The third kappa shape index (κ3) is 4.43. The first-order valence-electron chi connectivity index (χ1n) is 10.4. The van der Waals surface area contributed by atoms with Crippen LogP contribution in [0, 0.1) is 5.92 Å². The molecule has 1 aliphatic carbocycles. The lowest BCUT2D eigenvalue weighted by Crippen LogP contribution is -2.45. The SMILES string of the molecule is CC(C)(C)c1cc([C@@H](CC2CC2)N2CCNCC2)cc(C(C)(C)C)c1O. The van der Waals surface area contributed by atoms with Crippen molar-refractivity contribution in [3.63, 3.8) is 0 Å². The lowest BCUT2D eigenvalue weighted by atomic mass is 9.77. The highest BCUT2D eigenvalue weighted by Crippen LogP contribution is 2.45. The van der Waals surface area contributed by atoms with Crippen molar-refractivity contribution in [3.05, 3.63) is 28.8 Å². The molecule has 3 rings (SSSR count). The summed E-state index contributed by atoms with van der Waals surface area (Å²) < 4.78 is 0. The topological polar surface area (TPSA) is 35.5 Å². The number of hydrogen-bond donors (Lipinski definition) is 2. The van der Waals surface area contributed by atoms with Crippen LogP contribution in [0.15, 0.2) is 12.1 Å². The lowest BCUT2D eigenvalue weighted by molar-refractivity contribution is 0.160. The fraction of sp³-hybridized carbons (Fsp3) is 0.739. The van der Waals surface area contributed by atoms with Crippen LogP contribution in [0.3, 0.4) is 0 Å². The second kappa shape index (κ2) is 7.16. The molecule has 0 amide bonds. The van der Waals surface area contributed by atoms with Crippen molar-refractivity contribution in [1.29, 1.82) is 0 Å². The summed E-state index contributed by atoms with van der Waals surface area (Å²) in [6.07, 6.45) is 4.04. The van der Waals surface area contributed by atoms with E-state index in [1.807, 2.05) is 0 Å². The van der Waals surface area contributed by atoms with Crippen molar-refractivity contribution in [2.75, 3.05) is 26.2 Å². The summed E-state index contributed by atoms with van der Waals surface area (Å²) in [5.74, 6) is 1.39. The fourth-order valence-corrected chi connectivity index (χ4v) is 4.15. The van der Waals surface area contributed by atoms with Crippen LogP contribution in [0.25, 0.3) is 0 Å². The second-order valence-electron chi connectivity index (χ2n) is 10.4. The van der Waals surface area contributed by atoms with E-state index < -0.39 is 0 Å². The Kier molecular flexibility index (Phi) is 5.43. The van der Waals surface area contributed by atoms with Gasteiger partial charge in [0, 0.05) is 32.2 Å². The quantitative estimate of drug-likeness (QED) is 0.816. The molecule has 1 aromatic rings. The Labute approximate surface area is 160 Å². The van der Waals surface area contributed by atoms with E-state index in [1.165, 1.54) is 24.8 Å². The Morgan fingerprint density at radius 3 is 1.92 bits per heavy atom. The van der Waals surface area contributed by atoms with E-state index in [1.54, 1.807) is 0 Å². The average molecular weight is 359 g/mol. The van der Waals surface area contributed by atoms with Crippen LogP contribution in [-0.4, -0.2) is 36.2 Å². The van der Waals surface area contributed by atoms with Crippen molar-refractivity contribution >= 4 is 0 Å². The largest absolute Gasteiger partial charge is 0.507 e. The minimum Gasteiger partial charge on any atom is -0.507 e. The zero-order chi connectivity index (χ0) is 19.1. The first kappa shape index (κ1) is 19.7. The molecule has 1 aliphatic heterocycles. The van der Waals surface area contributed by atoms with Gasteiger partial charge in [0.05, 0.1) is 0 Å². The van der Waals surface area contributed by atoms with Crippen LogP contribution in [0.2, 0.25) is 0 Å². The Hall–Kier alpha value is -1.06. The number of aromatic hydroxyl groups is 1. The van der Waals surface area contributed by atoms with Gasteiger partial charge in [-0.1, -0.05) is 54.4 Å². The molecule has 0 bridgehead atoms. The van der Waals surface area contributed by atoms with Crippen LogP contribution in [0.4, 0.5) is 0 Å². The summed E-state index contributed by atoms with van der Waals surface area (Å²) in [5, 5.41) is 14.5.